The lowest BCUT2D eigenvalue weighted by molar-refractivity contribution is -0.144. The van der Waals surface area contributed by atoms with E-state index in [9.17, 15) is 48.6 Å². The third kappa shape index (κ3) is 17.1. The number of aromatic amines is 1. The predicted molar refractivity (Wildman–Crippen MR) is 200 cm³/mol. The van der Waals surface area contributed by atoms with Crippen molar-refractivity contribution in [1.29, 1.82) is 0 Å². The van der Waals surface area contributed by atoms with Crippen molar-refractivity contribution in [2.24, 2.45) is 17.6 Å². The van der Waals surface area contributed by atoms with E-state index in [-0.39, 0.29) is 37.5 Å². The standard InChI is InChI=1S/C37H54N8O11/c1-20(2)14-27(43-32(50)24(38)16-22-8-6-5-7-9-22)34(52)44-28(15-21(3)4)35(53)45-29(17-23-18-39-19-40-23)36(54)41-25(10-12-30(46)47)33(51)42-26(37(55)56)11-13-31(48)49/h5-9,18-21,24-29H,10-17,38H2,1-4H3,(H,39,40)(H,41,54)(H,42,51)(H,43,50)(H,44,52)(H,45,53)(H,46,47)(H,48,49)(H,55,56)/t24-,25-,26-,27-,28-,29-/m0/s1. The van der Waals surface area contributed by atoms with Crippen molar-refractivity contribution in [3.05, 3.63) is 54.1 Å². The number of nitrogens with one attached hydrogen (secondary N) is 6. The number of hydrogen-bond acceptors (Lipinski definition) is 10. The van der Waals surface area contributed by atoms with E-state index < -0.39 is 109 Å². The van der Waals surface area contributed by atoms with Crippen molar-refractivity contribution >= 4 is 47.4 Å². The number of carboxylic acids is 3. The van der Waals surface area contributed by atoms with E-state index in [0.717, 1.165) is 5.56 Å². The van der Waals surface area contributed by atoms with Crippen molar-refractivity contribution in [2.75, 3.05) is 0 Å². The average molecular weight is 787 g/mol. The topological polar surface area (TPSA) is 312 Å². The number of carboxylic acid groups (broad SMARTS) is 3. The molecule has 0 aliphatic rings. The lowest BCUT2D eigenvalue weighted by Crippen LogP contribution is -2.60. The monoisotopic (exact) mass is 786 g/mol. The first-order valence-electron chi connectivity index (χ1n) is 18.3. The second kappa shape index (κ2) is 23.2. The fraction of sp³-hybridized carbons (Fsp3) is 0.541. The summed E-state index contributed by atoms with van der Waals surface area (Å²) in [7, 11) is 0. The molecule has 0 saturated heterocycles. The zero-order valence-electron chi connectivity index (χ0n) is 31.9. The molecular formula is C37H54N8O11. The molecule has 19 nitrogen and oxygen atoms in total. The number of H-pyrrole nitrogens is 1. The summed E-state index contributed by atoms with van der Waals surface area (Å²) in [6.07, 6.45) is 0.896. The van der Waals surface area contributed by atoms with Crippen LogP contribution in [-0.2, 0) is 51.2 Å². The minimum Gasteiger partial charge on any atom is -0.481 e. The van der Waals surface area contributed by atoms with Crippen LogP contribution in [0.4, 0.5) is 0 Å². The molecule has 0 aliphatic heterocycles. The van der Waals surface area contributed by atoms with Crippen molar-refractivity contribution in [3.8, 4) is 0 Å². The van der Waals surface area contributed by atoms with Gasteiger partial charge in [0, 0.05) is 31.2 Å². The number of benzene rings is 1. The van der Waals surface area contributed by atoms with Gasteiger partial charge in [-0.1, -0.05) is 58.0 Å². The van der Waals surface area contributed by atoms with Crippen LogP contribution in [0.2, 0.25) is 0 Å². The van der Waals surface area contributed by atoms with Crippen molar-refractivity contribution < 1.29 is 53.7 Å². The van der Waals surface area contributed by atoms with Gasteiger partial charge in [-0.25, -0.2) is 9.78 Å². The molecule has 308 valence electrons. The van der Waals surface area contributed by atoms with Gasteiger partial charge in [-0.05, 0) is 49.5 Å². The zero-order valence-corrected chi connectivity index (χ0v) is 31.9. The normalized spacial score (nSPS) is 14.3. The zero-order chi connectivity index (χ0) is 41.9. The molecule has 2 rings (SSSR count). The number of hydrogen-bond donors (Lipinski definition) is 10. The van der Waals surface area contributed by atoms with E-state index in [1.807, 2.05) is 58.0 Å². The maximum absolute atomic E-state index is 13.9. The van der Waals surface area contributed by atoms with Crippen LogP contribution in [0.25, 0.3) is 0 Å². The molecule has 1 heterocycles. The Morgan fingerprint density at radius 1 is 0.625 bits per heavy atom. The Morgan fingerprint density at radius 2 is 1.07 bits per heavy atom. The Kier molecular flexibility index (Phi) is 19.1. The van der Waals surface area contributed by atoms with Gasteiger partial charge in [-0.3, -0.25) is 33.6 Å². The Bertz CT molecular complexity index is 1640. The highest BCUT2D eigenvalue weighted by Gasteiger charge is 2.34. The van der Waals surface area contributed by atoms with Crippen LogP contribution in [0.3, 0.4) is 0 Å². The second-order valence-electron chi connectivity index (χ2n) is 14.3. The van der Waals surface area contributed by atoms with E-state index in [0.29, 0.717) is 5.69 Å². The van der Waals surface area contributed by atoms with Gasteiger partial charge in [0.15, 0.2) is 0 Å². The number of carbonyl (C=O) groups excluding carboxylic acids is 5. The number of carbonyl (C=O) groups is 8. The average Bonchev–Trinajstić information content (AvgIpc) is 3.63. The van der Waals surface area contributed by atoms with Crippen molar-refractivity contribution in [1.82, 2.24) is 36.6 Å². The highest BCUT2D eigenvalue weighted by atomic mass is 16.4. The number of aliphatic carboxylic acids is 3. The van der Waals surface area contributed by atoms with E-state index in [4.69, 9.17) is 10.8 Å². The Hall–Kier alpha value is -5.85. The van der Waals surface area contributed by atoms with Crippen LogP contribution in [0.5, 0.6) is 0 Å². The summed E-state index contributed by atoms with van der Waals surface area (Å²) in [6, 6.07) is 1.19. The lowest BCUT2D eigenvalue weighted by atomic mass is 9.99. The summed E-state index contributed by atoms with van der Waals surface area (Å²) in [5.41, 5.74) is 7.39. The maximum Gasteiger partial charge on any atom is 0.326 e. The molecule has 0 unspecified atom stereocenters. The van der Waals surface area contributed by atoms with Gasteiger partial charge in [0.1, 0.15) is 30.2 Å². The third-order valence-electron chi connectivity index (χ3n) is 8.47. The first-order valence-corrected chi connectivity index (χ1v) is 18.3. The highest BCUT2D eigenvalue weighted by molar-refractivity contribution is 5.96. The van der Waals surface area contributed by atoms with Gasteiger partial charge < -0.3 is 52.6 Å². The molecule has 56 heavy (non-hydrogen) atoms. The smallest absolute Gasteiger partial charge is 0.326 e. The van der Waals surface area contributed by atoms with E-state index >= 15 is 0 Å². The van der Waals surface area contributed by atoms with Crippen LogP contribution >= 0.6 is 0 Å². The van der Waals surface area contributed by atoms with E-state index in [1.54, 1.807) is 0 Å². The molecule has 2 aromatic rings. The predicted octanol–water partition coefficient (Wildman–Crippen LogP) is -0.147. The molecule has 0 fully saturated rings. The number of nitrogens with two attached hydrogens (primary N) is 1. The molecular weight excluding hydrogens is 732 g/mol. The minimum atomic E-state index is -1.66. The van der Waals surface area contributed by atoms with Gasteiger partial charge >= 0.3 is 17.9 Å². The van der Waals surface area contributed by atoms with Crippen LogP contribution < -0.4 is 32.3 Å². The second-order valence-corrected chi connectivity index (χ2v) is 14.3. The molecule has 0 bridgehead atoms. The molecule has 5 amide bonds. The summed E-state index contributed by atoms with van der Waals surface area (Å²) in [5.74, 6) is -8.42. The first kappa shape index (κ1) is 46.3. The number of rotatable bonds is 25. The highest BCUT2D eigenvalue weighted by Crippen LogP contribution is 2.12. The summed E-state index contributed by atoms with van der Waals surface area (Å²) in [6.45, 7) is 7.33. The third-order valence-corrected chi connectivity index (χ3v) is 8.47. The van der Waals surface area contributed by atoms with Gasteiger partial charge in [0.25, 0.3) is 0 Å². The van der Waals surface area contributed by atoms with Crippen molar-refractivity contribution in [3.63, 3.8) is 0 Å². The van der Waals surface area contributed by atoms with Gasteiger partial charge in [-0.2, -0.15) is 0 Å². The number of aromatic nitrogens is 2. The van der Waals surface area contributed by atoms with Crippen LogP contribution in [0.1, 0.15) is 77.5 Å². The summed E-state index contributed by atoms with van der Waals surface area (Å²) >= 11 is 0. The van der Waals surface area contributed by atoms with E-state index in [2.05, 4.69) is 36.6 Å². The van der Waals surface area contributed by atoms with Crippen LogP contribution in [0.15, 0.2) is 42.9 Å². The Balaban J connectivity index is 2.32. The maximum atomic E-state index is 13.9. The van der Waals surface area contributed by atoms with Gasteiger partial charge in [-0.15, -0.1) is 0 Å². The van der Waals surface area contributed by atoms with Gasteiger partial charge in [0.2, 0.25) is 29.5 Å². The van der Waals surface area contributed by atoms with Gasteiger partial charge in [0.05, 0.1) is 12.4 Å². The largest absolute Gasteiger partial charge is 0.481 e. The minimum absolute atomic E-state index is 0.0505. The van der Waals surface area contributed by atoms with Crippen LogP contribution in [0, 0.1) is 11.8 Å². The summed E-state index contributed by atoms with van der Waals surface area (Å²) in [4.78, 5) is 109. The fourth-order valence-electron chi connectivity index (χ4n) is 5.62. The van der Waals surface area contributed by atoms with Crippen molar-refractivity contribution in [2.45, 2.75) is 115 Å². The molecule has 0 spiro atoms. The Labute approximate surface area is 324 Å². The molecule has 0 radical (unpaired) electrons. The SMILES string of the molecule is CC(C)C[C@H](NC(=O)[C@H](CC(C)C)NC(=O)[C@@H](N)Cc1ccccc1)C(=O)N[C@@H](Cc1cnc[nH]1)C(=O)N[C@@H](CCC(=O)O)C(=O)N[C@@H](CCC(=O)O)C(=O)O. The molecule has 1 aromatic carbocycles. The lowest BCUT2D eigenvalue weighted by Gasteiger charge is -2.28. The molecule has 6 atom stereocenters. The molecule has 1 aromatic heterocycles. The summed E-state index contributed by atoms with van der Waals surface area (Å²) < 4.78 is 0. The molecule has 0 aliphatic carbocycles. The number of amides is 5. The number of nitrogens with zero attached hydrogens (tertiary/aromatic N) is 1. The fourth-order valence-corrected chi connectivity index (χ4v) is 5.62. The summed E-state index contributed by atoms with van der Waals surface area (Å²) in [5, 5.41) is 40.3. The van der Waals surface area contributed by atoms with E-state index in [1.165, 1.54) is 12.5 Å². The molecule has 0 saturated carbocycles. The first-order chi connectivity index (χ1) is 26.4. The number of imidazole rings is 1. The van der Waals surface area contributed by atoms with Crippen LogP contribution in [-0.4, -0.2) is 109 Å². The molecule has 19 heteroatoms. The quantitative estimate of drug-likeness (QED) is 0.0627. The molecule has 11 N–H and O–H groups in total. The Morgan fingerprint density at radius 3 is 1.55 bits per heavy atom.